The third-order valence-electron chi connectivity index (χ3n) is 5.14. The minimum Gasteiger partial charge on any atom is -0.452 e. The van der Waals surface area contributed by atoms with Crippen LogP contribution in [0.1, 0.15) is 28.4 Å². The minimum absolute atomic E-state index is 0.153. The van der Waals surface area contributed by atoms with Crippen LogP contribution in [0.5, 0.6) is 0 Å². The van der Waals surface area contributed by atoms with Gasteiger partial charge in [-0.1, -0.05) is 42.5 Å². The first kappa shape index (κ1) is 22.7. The average Bonchev–Trinajstić information content (AvgIpc) is 2.79. The van der Waals surface area contributed by atoms with Crippen LogP contribution in [-0.4, -0.2) is 61.5 Å². The van der Waals surface area contributed by atoms with Gasteiger partial charge in [0.15, 0.2) is 12.4 Å². The van der Waals surface area contributed by atoms with Gasteiger partial charge in [0.1, 0.15) is 0 Å². The molecule has 1 aliphatic rings. The Hall–Kier alpha value is -3.03. The second-order valence-corrected chi connectivity index (χ2v) is 7.58. The molecule has 1 heterocycles. The second-order valence-electron chi connectivity index (χ2n) is 7.58. The molecule has 0 saturated carbocycles. The maximum absolute atomic E-state index is 12.3. The predicted molar refractivity (Wildman–Crippen MR) is 116 cm³/mol. The van der Waals surface area contributed by atoms with Crippen molar-refractivity contribution in [3.63, 3.8) is 0 Å². The van der Waals surface area contributed by atoms with Gasteiger partial charge in [-0.2, -0.15) is 0 Å². The van der Waals surface area contributed by atoms with Crippen LogP contribution >= 0.6 is 0 Å². The predicted octanol–water partition coefficient (Wildman–Crippen LogP) is 1.99. The summed E-state index contributed by atoms with van der Waals surface area (Å²) in [5.74, 6) is -1.23. The van der Waals surface area contributed by atoms with Crippen molar-refractivity contribution < 1.29 is 23.9 Å². The van der Waals surface area contributed by atoms with Gasteiger partial charge in [-0.25, -0.2) is 4.79 Å². The van der Waals surface area contributed by atoms with E-state index in [9.17, 15) is 14.4 Å². The Morgan fingerprint density at radius 3 is 2.32 bits per heavy atom. The topological polar surface area (TPSA) is 84.9 Å². The summed E-state index contributed by atoms with van der Waals surface area (Å²) in [5.41, 5.74) is 2.42. The first-order chi connectivity index (χ1) is 15.0. The number of carbonyl (C=O) groups excluding carboxylic acids is 3. The fourth-order valence-electron chi connectivity index (χ4n) is 3.36. The molecule has 1 amide bonds. The molecule has 3 rings (SSSR count). The van der Waals surface area contributed by atoms with Crippen LogP contribution in [0.4, 0.5) is 0 Å². The van der Waals surface area contributed by atoms with Crippen LogP contribution in [0.2, 0.25) is 0 Å². The lowest BCUT2D eigenvalue weighted by Gasteiger charge is -2.26. The Kier molecular flexibility index (Phi) is 8.32. The van der Waals surface area contributed by atoms with E-state index in [4.69, 9.17) is 9.47 Å². The molecule has 0 aromatic heterocycles. The van der Waals surface area contributed by atoms with Crippen molar-refractivity contribution in [1.29, 1.82) is 0 Å². The summed E-state index contributed by atoms with van der Waals surface area (Å²) in [5, 5.41) is 2.64. The molecule has 2 aromatic carbocycles. The highest BCUT2D eigenvalue weighted by Gasteiger charge is 2.19. The monoisotopic (exact) mass is 424 g/mol. The second kappa shape index (κ2) is 11.4. The molecule has 2 aromatic rings. The molecule has 0 bridgehead atoms. The fraction of sp³-hybridized carbons (Fsp3) is 0.375. The van der Waals surface area contributed by atoms with Crippen LogP contribution in [0, 0.1) is 0 Å². The standard InChI is InChI=1S/C24H28N2O5/c1-18(27)22(15-19-5-3-2-4-6-19)25-23(28)17-31-24(29)21-9-7-20(8-10-21)16-26-11-13-30-14-12-26/h2-10,22H,11-17H2,1H3,(H,25,28)/t22-/m1/s1. The third kappa shape index (κ3) is 7.31. The number of benzene rings is 2. The van der Waals surface area contributed by atoms with Crippen LogP contribution in [0.3, 0.4) is 0 Å². The van der Waals surface area contributed by atoms with Gasteiger partial charge in [-0.15, -0.1) is 0 Å². The molecule has 1 saturated heterocycles. The largest absolute Gasteiger partial charge is 0.452 e. The number of morpholine rings is 1. The van der Waals surface area contributed by atoms with E-state index in [1.54, 1.807) is 12.1 Å². The zero-order chi connectivity index (χ0) is 22.1. The maximum Gasteiger partial charge on any atom is 0.338 e. The van der Waals surface area contributed by atoms with Crippen LogP contribution in [-0.2, 0) is 32.0 Å². The van der Waals surface area contributed by atoms with Gasteiger partial charge in [0.05, 0.1) is 24.8 Å². The van der Waals surface area contributed by atoms with E-state index in [1.165, 1.54) is 6.92 Å². The number of hydrogen-bond acceptors (Lipinski definition) is 6. The summed E-state index contributed by atoms with van der Waals surface area (Å²) >= 11 is 0. The number of carbonyl (C=O) groups is 3. The smallest absolute Gasteiger partial charge is 0.338 e. The quantitative estimate of drug-likeness (QED) is 0.620. The molecule has 0 unspecified atom stereocenters. The Labute approximate surface area is 182 Å². The Bertz CT molecular complexity index is 877. The third-order valence-corrected chi connectivity index (χ3v) is 5.14. The lowest BCUT2D eigenvalue weighted by Crippen LogP contribution is -2.43. The molecule has 31 heavy (non-hydrogen) atoms. The van der Waals surface area contributed by atoms with Crippen LogP contribution in [0.25, 0.3) is 0 Å². The van der Waals surface area contributed by atoms with Gasteiger partial charge >= 0.3 is 5.97 Å². The van der Waals surface area contributed by atoms with Crippen molar-refractivity contribution in [2.75, 3.05) is 32.9 Å². The van der Waals surface area contributed by atoms with Gasteiger partial charge in [0, 0.05) is 19.6 Å². The summed E-state index contributed by atoms with van der Waals surface area (Å²) in [6.07, 6.45) is 0.389. The normalized spacial score (nSPS) is 15.1. The number of ether oxygens (including phenoxy) is 2. The summed E-state index contributed by atoms with van der Waals surface area (Å²) in [6, 6.07) is 15.9. The lowest BCUT2D eigenvalue weighted by molar-refractivity contribution is -0.128. The van der Waals surface area contributed by atoms with Gasteiger partial charge in [0.2, 0.25) is 0 Å². The zero-order valence-electron chi connectivity index (χ0n) is 17.7. The molecular formula is C24H28N2O5. The van der Waals surface area contributed by atoms with E-state index in [-0.39, 0.29) is 5.78 Å². The number of hydrogen-bond donors (Lipinski definition) is 1. The molecule has 0 radical (unpaired) electrons. The zero-order valence-corrected chi connectivity index (χ0v) is 17.7. The molecule has 0 spiro atoms. The van der Waals surface area contributed by atoms with E-state index in [1.807, 2.05) is 42.5 Å². The fourth-order valence-corrected chi connectivity index (χ4v) is 3.36. The summed E-state index contributed by atoms with van der Waals surface area (Å²) in [7, 11) is 0. The summed E-state index contributed by atoms with van der Waals surface area (Å²) in [6.45, 7) is 5.06. The van der Waals surface area contributed by atoms with E-state index in [0.29, 0.717) is 12.0 Å². The van der Waals surface area contributed by atoms with Gasteiger partial charge in [-0.3, -0.25) is 14.5 Å². The Morgan fingerprint density at radius 1 is 1.00 bits per heavy atom. The first-order valence-electron chi connectivity index (χ1n) is 10.4. The molecule has 1 aliphatic heterocycles. The van der Waals surface area contributed by atoms with E-state index >= 15 is 0 Å². The summed E-state index contributed by atoms with van der Waals surface area (Å²) < 4.78 is 10.5. The minimum atomic E-state index is -0.659. The highest BCUT2D eigenvalue weighted by Crippen LogP contribution is 2.10. The number of amides is 1. The van der Waals surface area contributed by atoms with Gasteiger partial charge < -0.3 is 14.8 Å². The van der Waals surface area contributed by atoms with Crippen molar-refractivity contribution in [2.24, 2.45) is 0 Å². The van der Waals surface area contributed by atoms with Crippen molar-refractivity contribution >= 4 is 17.7 Å². The van der Waals surface area contributed by atoms with Crippen LogP contribution < -0.4 is 5.32 Å². The highest BCUT2D eigenvalue weighted by atomic mass is 16.5. The van der Waals surface area contributed by atoms with Crippen molar-refractivity contribution in [2.45, 2.75) is 25.9 Å². The van der Waals surface area contributed by atoms with Crippen molar-refractivity contribution in [3.05, 3.63) is 71.3 Å². The SMILES string of the molecule is CC(=O)[C@@H](Cc1ccccc1)NC(=O)COC(=O)c1ccc(CN2CCOCC2)cc1. The van der Waals surface area contributed by atoms with E-state index in [2.05, 4.69) is 10.2 Å². The lowest BCUT2D eigenvalue weighted by atomic mass is 10.0. The Balaban J connectivity index is 1.46. The molecule has 164 valence electrons. The molecule has 7 nitrogen and oxygen atoms in total. The van der Waals surface area contributed by atoms with Crippen LogP contribution in [0.15, 0.2) is 54.6 Å². The molecule has 1 N–H and O–H groups in total. The number of rotatable bonds is 9. The number of nitrogens with one attached hydrogen (secondary N) is 1. The Morgan fingerprint density at radius 2 is 1.68 bits per heavy atom. The molecule has 1 fully saturated rings. The van der Waals surface area contributed by atoms with E-state index in [0.717, 1.165) is 44.0 Å². The van der Waals surface area contributed by atoms with Gasteiger partial charge in [-0.05, 0) is 36.6 Å². The first-order valence-corrected chi connectivity index (χ1v) is 10.4. The molecule has 0 aliphatic carbocycles. The summed E-state index contributed by atoms with van der Waals surface area (Å²) in [4.78, 5) is 38.6. The number of nitrogens with zero attached hydrogens (tertiary/aromatic N) is 1. The number of esters is 1. The molecule has 7 heteroatoms. The number of Topliss-reactive ketones (excluding diaryl/α,β-unsaturated/α-hetero) is 1. The molecule has 1 atom stereocenters. The maximum atomic E-state index is 12.3. The van der Waals surface area contributed by atoms with Crippen molar-refractivity contribution in [1.82, 2.24) is 10.2 Å². The molecular weight excluding hydrogens is 396 g/mol. The average molecular weight is 424 g/mol. The van der Waals surface area contributed by atoms with Crippen molar-refractivity contribution in [3.8, 4) is 0 Å². The van der Waals surface area contributed by atoms with E-state index < -0.39 is 24.5 Å². The number of ketones is 1. The highest BCUT2D eigenvalue weighted by molar-refractivity contribution is 5.92. The van der Waals surface area contributed by atoms with Gasteiger partial charge in [0.25, 0.3) is 5.91 Å².